The number of hydrogen-bond acceptors (Lipinski definition) is 0. The van der Waals surface area contributed by atoms with Gasteiger partial charge in [0.1, 0.15) is 5.82 Å². The van der Waals surface area contributed by atoms with Crippen molar-refractivity contribution in [2.24, 2.45) is 0 Å². The van der Waals surface area contributed by atoms with E-state index < -0.39 is 0 Å². The molecule has 0 saturated carbocycles. The molecule has 1 nitrogen and oxygen atoms in total. The number of pyridine rings is 1. The Kier molecular flexibility index (Phi) is 2.88. The average Bonchev–Trinajstić information content (AvgIpc) is 2.29. The standard InChI is InChI=1S/C13H11FN/c14-13-7-3-2-6-12(13)8-11-15-9-4-1-5-10-15/h1-11H/q+1/b11-8+. The van der Waals surface area contributed by atoms with Gasteiger partial charge in [0.15, 0.2) is 18.6 Å². The van der Waals surface area contributed by atoms with Crippen molar-refractivity contribution in [3.05, 3.63) is 66.2 Å². The normalized spacial score (nSPS) is 10.7. The van der Waals surface area contributed by atoms with Gasteiger partial charge in [-0.2, -0.15) is 4.57 Å². The topological polar surface area (TPSA) is 3.88 Å². The second kappa shape index (κ2) is 4.51. The molecule has 1 aromatic heterocycles. The molecule has 2 heteroatoms. The molecule has 2 aromatic rings. The van der Waals surface area contributed by atoms with Crippen LogP contribution >= 0.6 is 0 Å². The van der Waals surface area contributed by atoms with E-state index in [9.17, 15) is 4.39 Å². The highest BCUT2D eigenvalue weighted by Gasteiger charge is 1.97. The molecule has 0 radical (unpaired) electrons. The Labute approximate surface area is 88.1 Å². The molecule has 0 bridgehead atoms. The van der Waals surface area contributed by atoms with Crippen LogP contribution in [-0.2, 0) is 0 Å². The highest BCUT2D eigenvalue weighted by atomic mass is 19.1. The number of nitrogens with zero attached hydrogens (tertiary/aromatic N) is 1. The van der Waals surface area contributed by atoms with Crippen molar-refractivity contribution in [1.29, 1.82) is 0 Å². The Morgan fingerprint density at radius 1 is 0.933 bits per heavy atom. The van der Waals surface area contributed by atoms with Crippen LogP contribution in [0.2, 0.25) is 0 Å². The lowest BCUT2D eigenvalue weighted by molar-refractivity contribution is -0.567. The van der Waals surface area contributed by atoms with E-state index in [-0.39, 0.29) is 5.82 Å². The maximum Gasteiger partial charge on any atom is 0.175 e. The quantitative estimate of drug-likeness (QED) is 0.656. The molecule has 15 heavy (non-hydrogen) atoms. The third kappa shape index (κ3) is 2.50. The summed E-state index contributed by atoms with van der Waals surface area (Å²) in [5, 5.41) is 0. The molecule has 0 unspecified atom stereocenters. The highest BCUT2D eigenvalue weighted by molar-refractivity contribution is 5.57. The van der Waals surface area contributed by atoms with Crippen molar-refractivity contribution in [2.75, 3.05) is 0 Å². The fourth-order valence-electron chi connectivity index (χ4n) is 1.29. The van der Waals surface area contributed by atoms with Crippen molar-refractivity contribution in [3.63, 3.8) is 0 Å². The predicted molar refractivity (Wildman–Crippen MR) is 58.3 cm³/mol. The summed E-state index contributed by atoms with van der Waals surface area (Å²) in [6.45, 7) is 0. The SMILES string of the molecule is Fc1ccccc1/C=C/[n+]1ccccc1. The second-order valence-electron chi connectivity index (χ2n) is 3.16. The van der Waals surface area contributed by atoms with E-state index in [1.54, 1.807) is 18.2 Å². The largest absolute Gasteiger partial charge is 0.206 e. The van der Waals surface area contributed by atoms with E-state index in [4.69, 9.17) is 0 Å². The van der Waals surface area contributed by atoms with Crippen LogP contribution in [0.25, 0.3) is 12.3 Å². The molecule has 0 amide bonds. The number of halogens is 1. The predicted octanol–water partition coefficient (Wildman–Crippen LogP) is 2.74. The van der Waals surface area contributed by atoms with Gasteiger partial charge in [0.2, 0.25) is 0 Å². The molecular weight excluding hydrogens is 189 g/mol. The molecule has 0 fully saturated rings. The minimum Gasteiger partial charge on any atom is -0.206 e. The Hall–Kier alpha value is -1.96. The molecule has 1 aromatic carbocycles. The van der Waals surface area contributed by atoms with E-state index in [2.05, 4.69) is 0 Å². The van der Waals surface area contributed by atoms with Gasteiger partial charge in [0.25, 0.3) is 0 Å². The molecule has 2 rings (SSSR count). The summed E-state index contributed by atoms with van der Waals surface area (Å²) in [7, 11) is 0. The molecule has 0 saturated heterocycles. The number of hydrogen-bond donors (Lipinski definition) is 0. The summed E-state index contributed by atoms with van der Waals surface area (Å²) in [5.41, 5.74) is 0.592. The van der Waals surface area contributed by atoms with E-state index in [1.807, 2.05) is 47.4 Å². The smallest absolute Gasteiger partial charge is 0.175 e. The van der Waals surface area contributed by atoms with Crippen LogP contribution in [0.15, 0.2) is 54.9 Å². The van der Waals surface area contributed by atoms with Gasteiger partial charge in [0, 0.05) is 23.8 Å². The first-order valence-corrected chi connectivity index (χ1v) is 4.75. The van der Waals surface area contributed by atoms with Gasteiger partial charge in [-0.25, -0.2) is 4.39 Å². The van der Waals surface area contributed by atoms with Crippen LogP contribution in [-0.4, -0.2) is 0 Å². The van der Waals surface area contributed by atoms with Gasteiger partial charge in [0.05, 0.1) is 0 Å². The Balaban J connectivity index is 2.23. The van der Waals surface area contributed by atoms with Crippen molar-refractivity contribution < 1.29 is 8.96 Å². The van der Waals surface area contributed by atoms with Crippen molar-refractivity contribution in [1.82, 2.24) is 0 Å². The summed E-state index contributed by atoms with van der Waals surface area (Å²) in [6, 6.07) is 12.5. The summed E-state index contributed by atoms with van der Waals surface area (Å²) >= 11 is 0. The van der Waals surface area contributed by atoms with Crippen LogP contribution < -0.4 is 4.57 Å². The lowest BCUT2D eigenvalue weighted by Gasteiger charge is -1.92. The molecule has 0 aliphatic heterocycles. The minimum atomic E-state index is -0.203. The zero-order valence-electron chi connectivity index (χ0n) is 8.18. The van der Waals surface area contributed by atoms with Crippen LogP contribution in [0.4, 0.5) is 4.39 Å². The summed E-state index contributed by atoms with van der Waals surface area (Å²) < 4.78 is 15.1. The fraction of sp³-hybridized carbons (Fsp3) is 0. The third-order valence-electron chi connectivity index (χ3n) is 2.07. The van der Waals surface area contributed by atoms with E-state index in [0.29, 0.717) is 5.56 Å². The zero-order valence-corrected chi connectivity index (χ0v) is 8.18. The van der Waals surface area contributed by atoms with Crippen molar-refractivity contribution in [2.45, 2.75) is 0 Å². The van der Waals surface area contributed by atoms with E-state index in [0.717, 1.165) is 0 Å². The van der Waals surface area contributed by atoms with E-state index in [1.165, 1.54) is 6.07 Å². The lowest BCUT2D eigenvalue weighted by atomic mass is 10.2. The van der Waals surface area contributed by atoms with E-state index >= 15 is 0 Å². The van der Waals surface area contributed by atoms with Gasteiger partial charge in [-0.3, -0.25) is 0 Å². The first-order chi connectivity index (χ1) is 7.36. The van der Waals surface area contributed by atoms with Gasteiger partial charge < -0.3 is 0 Å². The lowest BCUT2D eigenvalue weighted by Crippen LogP contribution is -2.23. The number of benzene rings is 1. The van der Waals surface area contributed by atoms with Gasteiger partial charge in [-0.1, -0.05) is 24.3 Å². The Bertz CT molecular complexity index is 463. The Morgan fingerprint density at radius 2 is 1.67 bits per heavy atom. The first-order valence-electron chi connectivity index (χ1n) is 4.75. The molecule has 0 aliphatic rings. The molecule has 0 aliphatic carbocycles. The van der Waals surface area contributed by atoms with Crippen molar-refractivity contribution in [3.8, 4) is 0 Å². The van der Waals surface area contributed by atoms with Crippen LogP contribution in [0.3, 0.4) is 0 Å². The maximum atomic E-state index is 13.2. The minimum absolute atomic E-state index is 0.203. The average molecular weight is 200 g/mol. The monoisotopic (exact) mass is 200 g/mol. The summed E-state index contributed by atoms with van der Waals surface area (Å²) in [5.74, 6) is -0.203. The second-order valence-corrected chi connectivity index (χ2v) is 3.16. The van der Waals surface area contributed by atoms with Gasteiger partial charge in [-0.15, -0.1) is 0 Å². The first kappa shape index (κ1) is 9.59. The van der Waals surface area contributed by atoms with Crippen LogP contribution in [0, 0.1) is 5.82 Å². The van der Waals surface area contributed by atoms with Gasteiger partial charge in [-0.05, 0) is 6.07 Å². The molecule has 0 spiro atoms. The molecule has 74 valence electrons. The zero-order chi connectivity index (χ0) is 10.5. The van der Waals surface area contributed by atoms with Crippen LogP contribution in [0.5, 0.6) is 0 Å². The molecule has 0 atom stereocenters. The van der Waals surface area contributed by atoms with Crippen molar-refractivity contribution >= 4 is 12.3 Å². The molecule has 1 heterocycles. The fourth-order valence-corrected chi connectivity index (χ4v) is 1.29. The summed E-state index contributed by atoms with van der Waals surface area (Å²) in [6.07, 6.45) is 7.36. The number of rotatable bonds is 2. The number of aromatic nitrogens is 1. The molecule has 0 N–H and O–H groups in total. The van der Waals surface area contributed by atoms with Crippen LogP contribution in [0.1, 0.15) is 5.56 Å². The Morgan fingerprint density at radius 3 is 2.40 bits per heavy atom. The molecular formula is C13H11FN+. The highest BCUT2D eigenvalue weighted by Crippen LogP contribution is 2.07. The third-order valence-corrected chi connectivity index (χ3v) is 2.07. The maximum absolute atomic E-state index is 13.2. The van der Waals surface area contributed by atoms with Gasteiger partial charge >= 0.3 is 0 Å². The summed E-state index contributed by atoms with van der Waals surface area (Å²) in [4.78, 5) is 0.